The van der Waals surface area contributed by atoms with E-state index in [1.807, 2.05) is 11.3 Å². The monoisotopic (exact) mass is 260 g/mol. The first-order valence-corrected chi connectivity index (χ1v) is 6.40. The first kappa shape index (κ1) is 9.69. The van der Waals surface area contributed by atoms with Crippen LogP contribution in [0.1, 0.15) is 11.3 Å². The second kappa shape index (κ2) is 4.58. The maximum Gasteiger partial charge on any atom is 0.0505 e. The zero-order valence-corrected chi connectivity index (χ0v) is 9.81. The zero-order chi connectivity index (χ0) is 9.10. The number of rotatable bonds is 3. The molecule has 0 spiro atoms. The predicted molar refractivity (Wildman–Crippen MR) is 59.7 cm³/mol. The van der Waals surface area contributed by atoms with Gasteiger partial charge in [-0.25, -0.2) is 0 Å². The number of halogens is 1. The van der Waals surface area contributed by atoms with E-state index < -0.39 is 0 Å². The fourth-order valence-electron chi connectivity index (χ4n) is 1.63. The van der Waals surface area contributed by atoms with Crippen LogP contribution in [0.15, 0.2) is 17.5 Å². The summed E-state index contributed by atoms with van der Waals surface area (Å²) >= 11 is 5.59. The van der Waals surface area contributed by atoms with Gasteiger partial charge in [0, 0.05) is 16.3 Å². The van der Waals surface area contributed by atoms with Crippen LogP contribution in [0.5, 0.6) is 0 Å². The topological polar surface area (TPSA) is 9.23 Å². The molecule has 2 atom stereocenters. The fourth-order valence-corrected chi connectivity index (χ4v) is 3.37. The van der Waals surface area contributed by atoms with Crippen molar-refractivity contribution in [2.75, 3.05) is 13.2 Å². The Morgan fingerprint density at radius 1 is 1.69 bits per heavy atom. The molecule has 72 valence electrons. The van der Waals surface area contributed by atoms with Crippen molar-refractivity contribution in [2.45, 2.75) is 17.7 Å². The Balaban J connectivity index is 1.87. The third-order valence-corrected chi connectivity index (χ3v) is 4.42. The SMILES string of the molecule is BrC(Cc1cccs1)C1CCOC1. The Kier molecular flexibility index (Phi) is 3.41. The lowest BCUT2D eigenvalue weighted by molar-refractivity contribution is 0.185. The van der Waals surface area contributed by atoms with Gasteiger partial charge in [-0.3, -0.25) is 0 Å². The number of hydrogen-bond acceptors (Lipinski definition) is 2. The van der Waals surface area contributed by atoms with Gasteiger partial charge in [-0.1, -0.05) is 22.0 Å². The van der Waals surface area contributed by atoms with E-state index in [9.17, 15) is 0 Å². The lowest BCUT2D eigenvalue weighted by Gasteiger charge is -2.14. The highest BCUT2D eigenvalue weighted by Crippen LogP contribution is 2.26. The zero-order valence-electron chi connectivity index (χ0n) is 7.41. The van der Waals surface area contributed by atoms with E-state index in [2.05, 4.69) is 33.4 Å². The smallest absolute Gasteiger partial charge is 0.0505 e. The van der Waals surface area contributed by atoms with Crippen LogP contribution < -0.4 is 0 Å². The van der Waals surface area contributed by atoms with E-state index in [0.717, 1.165) is 19.6 Å². The summed E-state index contributed by atoms with van der Waals surface area (Å²) in [6.07, 6.45) is 2.35. The first-order chi connectivity index (χ1) is 6.36. The molecule has 1 aromatic heterocycles. The van der Waals surface area contributed by atoms with Crippen LogP contribution in [0.2, 0.25) is 0 Å². The van der Waals surface area contributed by atoms with E-state index in [4.69, 9.17) is 4.74 Å². The maximum atomic E-state index is 5.37. The van der Waals surface area contributed by atoms with E-state index in [0.29, 0.717) is 10.7 Å². The molecule has 13 heavy (non-hydrogen) atoms. The number of hydrogen-bond donors (Lipinski definition) is 0. The van der Waals surface area contributed by atoms with Gasteiger partial charge in [-0.15, -0.1) is 11.3 Å². The van der Waals surface area contributed by atoms with Crippen molar-refractivity contribution in [3.8, 4) is 0 Å². The van der Waals surface area contributed by atoms with Crippen LogP contribution in [-0.4, -0.2) is 18.0 Å². The number of thiophene rings is 1. The van der Waals surface area contributed by atoms with Gasteiger partial charge in [0.1, 0.15) is 0 Å². The average molecular weight is 261 g/mol. The van der Waals surface area contributed by atoms with Gasteiger partial charge < -0.3 is 4.74 Å². The molecule has 1 fully saturated rings. The number of ether oxygens (including phenoxy) is 1. The molecule has 1 aromatic rings. The molecule has 0 amide bonds. The van der Waals surface area contributed by atoms with Crippen LogP contribution in [0.25, 0.3) is 0 Å². The van der Waals surface area contributed by atoms with Crippen LogP contribution in [0.3, 0.4) is 0 Å². The fraction of sp³-hybridized carbons (Fsp3) is 0.600. The molecule has 1 aliphatic rings. The lowest BCUT2D eigenvalue weighted by Crippen LogP contribution is -2.16. The second-order valence-corrected chi connectivity index (χ2v) is 5.63. The lowest BCUT2D eigenvalue weighted by atomic mass is 10.0. The molecule has 3 heteroatoms. The largest absolute Gasteiger partial charge is 0.381 e. The first-order valence-electron chi connectivity index (χ1n) is 4.60. The van der Waals surface area contributed by atoms with Gasteiger partial charge in [0.2, 0.25) is 0 Å². The highest BCUT2D eigenvalue weighted by Gasteiger charge is 2.23. The van der Waals surface area contributed by atoms with Gasteiger partial charge in [0.15, 0.2) is 0 Å². The van der Waals surface area contributed by atoms with E-state index in [1.54, 1.807) is 0 Å². The molecule has 0 N–H and O–H groups in total. The number of alkyl halides is 1. The van der Waals surface area contributed by atoms with Crippen LogP contribution in [-0.2, 0) is 11.2 Å². The Bertz CT molecular complexity index is 241. The highest BCUT2D eigenvalue weighted by atomic mass is 79.9. The van der Waals surface area contributed by atoms with Crippen molar-refractivity contribution in [2.24, 2.45) is 5.92 Å². The van der Waals surface area contributed by atoms with Gasteiger partial charge >= 0.3 is 0 Å². The molecule has 0 bridgehead atoms. The van der Waals surface area contributed by atoms with Crippen LogP contribution >= 0.6 is 27.3 Å². The quantitative estimate of drug-likeness (QED) is 0.760. The van der Waals surface area contributed by atoms with Crippen molar-refractivity contribution < 1.29 is 4.74 Å². The van der Waals surface area contributed by atoms with Crippen molar-refractivity contribution >= 4 is 27.3 Å². The molecule has 1 nitrogen and oxygen atoms in total. The standard InChI is InChI=1S/C10H13BrOS/c11-10(8-3-4-12-7-8)6-9-2-1-5-13-9/h1-2,5,8,10H,3-4,6-7H2. The highest BCUT2D eigenvalue weighted by molar-refractivity contribution is 9.09. The van der Waals surface area contributed by atoms with Crippen molar-refractivity contribution in [1.82, 2.24) is 0 Å². The summed E-state index contributed by atoms with van der Waals surface area (Å²) in [6.45, 7) is 1.87. The molecule has 2 unspecified atom stereocenters. The van der Waals surface area contributed by atoms with Crippen molar-refractivity contribution in [3.05, 3.63) is 22.4 Å². The van der Waals surface area contributed by atoms with Gasteiger partial charge in [-0.2, -0.15) is 0 Å². The maximum absolute atomic E-state index is 5.37. The third kappa shape index (κ3) is 2.55. The third-order valence-electron chi connectivity index (χ3n) is 2.45. The Morgan fingerprint density at radius 2 is 2.62 bits per heavy atom. The van der Waals surface area contributed by atoms with Gasteiger partial charge in [0.25, 0.3) is 0 Å². The summed E-state index contributed by atoms with van der Waals surface area (Å²) in [7, 11) is 0. The molecule has 2 rings (SSSR count). The molecule has 1 aliphatic heterocycles. The Labute approximate surface area is 91.2 Å². The van der Waals surface area contributed by atoms with Crippen LogP contribution in [0.4, 0.5) is 0 Å². The molecule has 1 saturated heterocycles. The average Bonchev–Trinajstić information content (AvgIpc) is 2.74. The minimum Gasteiger partial charge on any atom is -0.381 e. The Hall–Kier alpha value is 0.140. The molecule has 0 radical (unpaired) electrons. The normalized spacial score (nSPS) is 24.8. The van der Waals surface area contributed by atoms with Crippen molar-refractivity contribution in [3.63, 3.8) is 0 Å². The summed E-state index contributed by atoms with van der Waals surface area (Å²) in [6, 6.07) is 4.32. The Morgan fingerprint density at radius 3 is 3.23 bits per heavy atom. The van der Waals surface area contributed by atoms with E-state index in [-0.39, 0.29) is 0 Å². The summed E-state index contributed by atoms with van der Waals surface area (Å²) in [5, 5.41) is 2.14. The van der Waals surface area contributed by atoms with Crippen LogP contribution in [0, 0.1) is 5.92 Å². The minimum atomic E-state index is 0.591. The van der Waals surface area contributed by atoms with Gasteiger partial charge in [0.05, 0.1) is 6.61 Å². The summed E-state index contributed by atoms with van der Waals surface area (Å²) in [5.41, 5.74) is 0. The molecular weight excluding hydrogens is 248 g/mol. The summed E-state index contributed by atoms with van der Waals surface area (Å²) < 4.78 is 5.37. The summed E-state index contributed by atoms with van der Waals surface area (Å²) in [4.78, 5) is 2.06. The summed E-state index contributed by atoms with van der Waals surface area (Å²) in [5.74, 6) is 0.710. The minimum absolute atomic E-state index is 0.591. The van der Waals surface area contributed by atoms with E-state index >= 15 is 0 Å². The molecule has 0 saturated carbocycles. The molecule has 2 heterocycles. The molecular formula is C10H13BrOS. The van der Waals surface area contributed by atoms with Crippen molar-refractivity contribution in [1.29, 1.82) is 0 Å². The van der Waals surface area contributed by atoms with Gasteiger partial charge in [-0.05, 0) is 30.2 Å². The predicted octanol–water partition coefficient (Wildman–Crippen LogP) is 3.09. The molecule has 0 aromatic carbocycles. The molecule has 0 aliphatic carbocycles. The van der Waals surface area contributed by atoms with E-state index in [1.165, 1.54) is 11.3 Å². The second-order valence-electron chi connectivity index (χ2n) is 3.42.